The Labute approximate surface area is 188 Å². The van der Waals surface area contributed by atoms with E-state index in [4.69, 9.17) is 11.6 Å². The van der Waals surface area contributed by atoms with Crippen LogP contribution in [0.3, 0.4) is 0 Å². The van der Waals surface area contributed by atoms with Gasteiger partial charge >= 0.3 is 6.18 Å². The molecule has 0 aliphatic carbocycles. The molecule has 168 valence electrons. The van der Waals surface area contributed by atoms with E-state index in [2.05, 4.69) is 5.32 Å². The molecule has 5 nitrogen and oxygen atoms in total. The van der Waals surface area contributed by atoms with Crippen LogP contribution >= 0.6 is 11.6 Å². The summed E-state index contributed by atoms with van der Waals surface area (Å²) in [5.41, 5.74) is -0.430. The van der Waals surface area contributed by atoms with E-state index in [-0.39, 0.29) is 27.7 Å². The highest BCUT2D eigenvalue weighted by Gasteiger charge is 2.30. The van der Waals surface area contributed by atoms with Crippen molar-refractivity contribution in [2.75, 3.05) is 10.8 Å². The number of halogens is 4. The van der Waals surface area contributed by atoms with Gasteiger partial charge in [-0.1, -0.05) is 48.0 Å². The number of rotatable bonds is 7. The fourth-order valence-electron chi connectivity index (χ4n) is 2.91. The number of nitrogens with zero attached hydrogens (tertiary/aromatic N) is 1. The Morgan fingerprint density at radius 1 is 0.938 bits per heavy atom. The third-order valence-electron chi connectivity index (χ3n) is 4.46. The molecule has 0 aliphatic heterocycles. The molecule has 3 rings (SSSR count). The zero-order valence-electron chi connectivity index (χ0n) is 16.5. The third kappa shape index (κ3) is 5.80. The van der Waals surface area contributed by atoms with Crippen molar-refractivity contribution in [3.63, 3.8) is 0 Å². The van der Waals surface area contributed by atoms with Crippen molar-refractivity contribution in [2.24, 2.45) is 0 Å². The van der Waals surface area contributed by atoms with Crippen LogP contribution in [0.2, 0.25) is 5.02 Å². The molecule has 0 bridgehead atoms. The number of sulfonamides is 1. The highest BCUT2D eigenvalue weighted by atomic mass is 35.5. The SMILES string of the molecule is O=C(CN(c1cccc(Cl)c1)S(=O)(=O)c1ccccc1)NCc1cccc(C(F)(F)F)c1. The lowest BCUT2D eigenvalue weighted by Gasteiger charge is -2.24. The number of hydrogen-bond donors (Lipinski definition) is 1. The van der Waals surface area contributed by atoms with Crippen molar-refractivity contribution in [2.45, 2.75) is 17.6 Å². The summed E-state index contributed by atoms with van der Waals surface area (Å²) >= 11 is 6.00. The Morgan fingerprint density at radius 2 is 1.62 bits per heavy atom. The Kier molecular flexibility index (Phi) is 7.10. The van der Waals surface area contributed by atoms with Crippen molar-refractivity contribution < 1.29 is 26.4 Å². The molecule has 0 fully saturated rings. The first kappa shape index (κ1) is 23.6. The molecular weight excluding hydrogens is 465 g/mol. The highest BCUT2D eigenvalue weighted by molar-refractivity contribution is 7.92. The lowest BCUT2D eigenvalue weighted by atomic mass is 10.1. The Morgan fingerprint density at radius 3 is 2.28 bits per heavy atom. The van der Waals surface area contributed by atoms with Gasteiger partial charge in [-0.2, -0.15) is 13.2 Å². The molecule has 1 amide bonds. The molecule has 1 N–H and O–H groups in total. The number of carbonyl (C=O) groups excluding carboxylic acids is 1. The number of amides is 1. The van der Waals surface area contributed by atoms with Crippen molar-refractivity contribution in [3.8, 4) is 0 Å². The van der Waals surface area contributed by atoms with E-state index in [0.717, 1.165) is 16.4 Å². The minimum Gasteiger partial charge on any atom is -0.350 e. The molecule has 0 aromatic heterocycles. The lowest BCUT2D eigenvalue weighted by Crippen LogP contribution is -2.40. The first-order valence-electron chi connectivity index (χ1n) is 9.33. The van der Waals surface area contributed by atoms with Crippen LogP contribution in [0.5, 0.6) is 0 Å². The first-order chi connectivity index (χ1) is 15.1. The molecule has 0 saturated carbocycles. The van der Waals surface area contributed by atoms with Crippen molar-refractivity contribution in [1.29, 1.82) is 0 Å². The standard InChI is InChI=1S/C22H18ClF3N2O3S/c23-18-8-5-9-19(13-18)28(32(30,31)20-10-2-1-3-11-20)15-21(29)27-14-16-6-4-7-17(12-16)22(24,25)26/h1-13H,14-15H2,(H,27,29). The number of nitrogens with one attached hydrogen (secondary N) is 1. The van der Waals surface area contributed by atoms with Gasteiger partial charge in [-0.25, -0.2) is 8.42 Å². The molecule has 0 spiro atoms. The summed E-state index contributed by atoms with van der Waals surface area (Å²) in [6.45, 7) is -0.784. The molecule has 0 aliphatic rings. The molecule has 10 heteroatoms. The number of anilines is 1. The molecule has 32 heavy (non-hydrogen) atoms. The van der Waals surface area contributed by atoms with Gasteiger partial charge in [-0.3, -0.25) is 9.10 Å². The van der Waals surface area contributed by atoms with Gasteiger partial charge < -0.3 is 5.32 Å². The van der Waals surface area contributed by atoms with Gasteiger partial charge in [0.05, 0.1) is 16.1 Å². The lowest BCUT2D eigenvalue weighted by molar-refractivity contribution is -0.137. The van der Waals surface area contributed by atoms with Crippen LogP contribution in [0.15, 0.2) is 83.8 Å². The maximum absolute atomic E-state index is 13.2. The van der Waals surface area contributed by atoms with Crippen LogP contribution < -0.4 is 9.62 Å². The van der Waals surface area contributed by atoms with Gasteiger partial charge in [-0.05, 0) is 48.0 Å². The molecule has 3 aromatic rings. The zero-order valence-corrected chi connectivity index (χ0v) is 18.1. The number of benzene rings is 3. The average Bonchev–Trinajstić information content (AvgIpc) is 2.76. The van der Waals surface area contributed by atoms with Crippen LogP contribution in [0.25, 0.3) is 0 Å². The van der Waals surface area contributed by atoms with Gasteiger partial charge in [0.25, 0.3) is 10.0 Å². The predicted octanol–water partition coefficient (Wildman–Crippen LogP) is 4.87. The minimum atomic E-state index is -4.51. The van der Waals surface area contributed by atoms with Crippen molar-refractivity contribution >= 4 is 33.2 Å². The number of hydrogen-bond acceptors (Lipinski definition) is 3. The van der Waals surface area contributed by atoms with E-state index < -0.39 is 34.2 Å². The van der Waals surface area contributed by atoms with E-state index >= 15 is 0 Å². The van der Waals surface area contributed by atoms with Crippen molar-refractivity contribution in [3.05, 3.63) is 95.0 Å². The Balaban J connectivity index is 1.82. The third-order valence-corrected chi connectivity index (χ3v) is 6.48. The highest BCUT2D eigenvalue weighted by Crippen LogP contribution is 2.29. The summed E-state index contributed by atoms with van der Waals surface area (Å²) in [6, 6.07) is 18.1. The molecule has 0 saturated heterocycles. The molecular formula is C22H18ClF3N2O3S. The maximum Gasteiger partial charge on any atom is 0.416 e. The topological polar surface area (TPSA) is 66.5 Å². The maximum atomic E-state index is 13.2. The summed E-state index contributed by atoms with van der Waals surface area (Å²) in [6.07, 6.45) is -4.51. The smallest absolute Gasteiger partial charge is 0.350 e. The summed E-state index contributed by atoms with van der Waals surface area (Å²) in [7, 11) is -4.11. The monoisotopic (exact) mass is 482 g/mol. The van der Waals surface area contributed by atoms with Gasteiger partial charge in [0.2, 0.25) is 5.91 Å². The van der Waals surface area contributed by atoms with E-state index in [0.29, 0.717) is 0 Å². The zero-order chi connectivity index (χ0) is 23.4. The normalized spacial score (nSPS) is 11.8. The second-order valence-corrected chi connectivity index (χ2v) is 9.08. The van der Waals surface area contributed by atoms with Crippen LogP contribution in [-0.2, 0) is 27.5 Å². The van der Waals surface area contributed by atoms with Gasteiger partial charge in [-0.15, -0.1) is 0 Å². The van der Waals surface area contributed by atoms with Gasteiger partial charge in [0, 0.05) is 11.6 Å². The minimum absolute atomic E-state index is 0.0225. The molecule has 3 aromatic carbocycles. The van der Waals surface area contributed by atoms with Gasteiger partial charge in [0.1, 0.15) is 6.54 Å². The van der Waals surface area contributed by atoms with Crippen LogP contribution in [-0.4, -0.2) is 20.9 Å². The summed E-state index contributed by atoms with van der Waals surface area (Å²) in [5, 5.41) is 2.75. The fraction of sp³-hybridized carbons (Fsp3) is 0.136. The summed E-state index contributed by atoms with van der Waals surface area (Å²) in [5.74, 6) is -0.693. The summed E-state index contributed by atoms with van der Waals surface area (Å²) < 4.78 is 65.9. The molecule has 0 atom stereocenters. The predicted molar refractivity (Wildman–Crippen MR) is 116 cm³/mol. The van der Waals surface area contributed by atoms with E-state index in [1.165, 1.54) is 36.4 Å². The Bertz CT molecular complexity index is 1200. The van der Waals surface area contributed by atoms with E-state index in [9.17, 15) is 26.4 Å². The average molecular weight is 483 g/mol. The number of carbonyl (C=O) groups is 1. The molecule has 0 unspecified atom stereocenters. The largest absolute Gasteiger partial charge is 0.416 e. The first-order valence-corrected chi connectivity index (χ1v) is 11.2. The second-order valence-electron chi connectivity index (χ2n) is 6.78. The van der Waals surface area contributed by atoms with Crippen molar-refractivity contribution in [1.82, 2.24) is 5.32 Å². The molecule has 0 heterocycles. The Hall–Kier alpha value is -3.04. The van der Waals surface area contributed by atoms with E-state index in [1.807, 2.05) is 0 Å². The van der Waals surface area contributed by atoms with Gasteiger partial charge in [0.15, 0.2) is 0 Å². The van der Waals surface area contributed by atoms with E-state index in [1.54, 1.807) is 30.3 Å². The quantitative estimate of drug-likeness (QED) is 0.522. The second kappa shape index (κ2) is 9.62. The van der Waals surface area contributed by atoms with Crippen LogP contribution in [0.1, 0.15) is 11.1 Å². The number of alkyl halides is 3. The summed E-state index contributed by atoms with van der Waals surface area (Å²) in [4.78, 5) is 12.5. The fourth-order valence-corrected chi connectivity index (χ4v) is 4.53. The van der Waals surface area contributed by atoms with Crippen LogP contribution in [0.4, 0.5) is 18.9 Å². The molecule has 0 radical (unpaired) electrons. The van der Waals surface area contributed by atoms with Crippen LogP contribution in [0, 0.1) is 0 Å².